The molecule has 1 rings (SSSR count). The lowest BCUT2D eigenvalue weighted by Gasteiger charge is -2.35. The Labute approximate surface area is 113 Å². The van der Waals surface area contributed by atoms with Crippen molar-refractivity contribution in [2.45, 2.75) is 39.2 Å². The topological polar surface area (TPSA) is 89.9 Å². The van der Waals surface area contributed by atoms with Crippen LogP contribution in [0.2, 0.25) is 0 Å². The van der Waals surface area contributed by atoms with Crippen LogP contribution in [-0.2, 0) is 4.79 Å². The highest BCUT2D eigenvalue weighted by atomic mass is 16.4. The molecule has 3 unspecified atom stereocenters. The van der Waals surface area contributed by atoms with Gasteiger partial charge < -0.3 is 20.4 Å². The van der Waals surface area contributed by atoms with Crippen molar-refractivity contribution in [3.05, 3.63) is 0 Å². The number of piperidine rings is 1. The summed E-state index contributed by atoms with van der Waals surface area (Å²) in [6.07, 6.45) is 0.723. The summed E-state index contributed by atoms with van der Waals surface area (Å²) in [5.41, 5.74) is -1.42. The molecule has 6 heteroatoms. The van der Waals surface area contributed by atoms with E-state index >= 15 is 0 Å². The van der Waals surface area contributed by atoms with E-state index in [1.165, 1.54) is 6.92 Å². The summed E-state index contributed by atoms with van der Waals surface area (Å²) in [7, 11) is 0. The number of nitrogens with one attached hydrogen (secondary N) is 1. The lowest BCUT2D eigenvalue weighted by atomic mass is 9.92. The Balaban J connectivity index is 2.44. The van der Waals surface area contributed by atoms with E-state index < -0.39 is 11.6 Å². The summed E-state index contributed by atoms with van der Waals surface area (Å²) in [6.45, 7) is 6.97. The highest BCUT2D eigenvalue weighted by molar-refractivity contribution is 5.74. The fraction of sp³-hybridized carbons (Fsp3) is 0.846. The molecule has 0 aliphatic carbocycles. The number of urea groups is 1. The molecule has 1 aliphatic rings. The number of likely N-dealkylation sites (tertiary alicyclic amines) is 1. The summed E-state index contributed by atoms with van der Waals surface area (Å²) in [5, 5.41) is 21.1. The first-order valence-corrected chi connectivity index (χ1v) is 6.66. The van der Waals surface area contributed by atoms with E-state index in [0.717, 1.165) is 6.42 Å². The van der Waals surface area contributed by atoms with Crippen LogP contribution in [0.4, 0.5) is 4.79 Å². The Morgan fingerprint density at radius 3 is 2.32 bits per heavy atom. The standard InChI is InChI=1S/C13H24N2O4/c1-9-4-10(2)7-15(6-9)12(18)14-8-13(3,19)5-11(16)17/h9-10,19H,4-8H2,1-3H3,(H,14,18)(H,16,17). The molecule has 0 aromatic rings. The van der Waals surface area contributed by atoms with Gasteiger partial charge in [-0.3, -0.25) is 4.79 Å². The molecule has 110 valence electrons. The molecule has 1 aliphatic heterocycles. The first-order chi connectivity index (χ1) is 8.69. The summed E-state index contributed by atoms with van der Waals surface area (Å²) in [5.74, 6) is -0.150. The van der Waals surface area contributed by atoms with E-state index in [4.69, 9.17) is 5.11 Å². The molecule has 0 aromatic heterocycles. The second kappa shape index (κ2) is 6.23. The summed E-state index contributed by atoms with van der Waals surface area (Å²) < 4.78 is 0. The van der Waals surface area contributed by atoms with Gasteiger partial charge in [-0.1, -0.05) is 13.8 Å². The predicted octanol–water partition coefficient (Wildman–Crippen LogP) is 0.900. The van der Waals surface area contributed by atoms with Gasteiger partial charge in [0, 0.05) is 19.6 Å². The SMILES string of the molecule is CC1CC(C)CN(C(=O)NCC(C)(O)CC(=O)O)C1. The summed E-state index contributed by atoms with van der Waals surface area (Å²) in [6, 6.07) is -0.232. The van der Waals surface area contributed by atoms with Gasteiger partial charge in [0.25, 0.3) is 0 Å². The zero-order chi connectivity index (χ0) is 14.6. The number of carbonyl (C=O) groups is 2. The van der Waals surface area contributed by atoms with Crippen LogP contribution in [0, 0.1) is 11.8 Å². The van der Waals surface area contributed by atoms with Crippen LogP contribution < -0.4 is 5.32 Å². The molecule has 0 spiro atoms. The van der Waals surface area contributed by atoms with Crippen molar-refractivity contribution in [1.82, 2.24) is 10.2 Å². The van der Waals surface area contributed by atoms with Crippen molar-refractivity contribution in [2.24, 2.45) is 11.8 Å². The number of carbonyl (C=O) groups excluding carboxylic acids is 1. The first-order valence-electron chi connectivity index (χ1n) is 6.66. The van der Waals surface area contributed by atoms with Gasteiger partial charge in [0.05, 0.1) is 12.0 Å². The van der Waals surface area contributed by atoms with Crippen LogP contribution in [0.15, 0.2) is 0 Å². The van der Waals surface area contributed by atoms with Crippen molar-refractivity contribution in [3.63, 3.8) is 0 Å². The quantitative estimate of drug-likeness (QED) is 0.709. The number of carboxylic acid groups (broad SMARTS) is 1. The molecule has 0 radical (unpaired) electrons. The molecule has 1 saturated heterocycles. The Morgan fingerprint density at radius 2 is 1.84 bits per heavy atom. The lowest BCUT2D eigenvalue weighted by molar-refractivity contribution is -0.141. The number of nitrogens with zero attached hydrogens (tertiary/aromatic N) is 1. The molecule has 3 atom stereocenters. The predicted molar refractivity (Wildman–Crippen MR) is 70.8 cm³/mol. The van der Waals surface area contributed by atoms with E-state index in [0.29, 0.717) is 24.9 Å². The molecule has 0 aromatic carbocycles. The van der Waals surface area contributed by atoms with Crippen LogP contribution in [-0.4, -0.2) is 52.3 Å². The van der Waals surface area contributed by atoms with Gasteiger partial charge in [0.15, 0.2) is 0 Å². The zero-order valence-corrected chi connectivity index (χ0v) is 11.8. The Hall–Kier alpha value is -1.30. The van der Waals surface area contributed by atoms with E-state index in [-0.39, 0.29) is 19.0 Å². The van der Waals surface area contributed by atoms with Crippen molar-refractivity contribution < 1.29 is 19.8 Å². The molecule has 19 heavy (non-hydrogen) atoms. The maximum Gasteiger partial charge on any atom is 0.317 e. The molecule has 0 saturated carbocycles. The van der Waals surface area contributed by atoms with Crippen LogP contribution in [0.25, 0.3) is 0 Å². The van der Waals surface area contributed by atoms with Gasteiger partial charge in [0.2, 0.25) is 0 Å². The summed E-state index contributed by atoms with van der Waals surface area (Å²) >= 11 is 0. The number of hydrogen-bond donors (Lipinski definition) is 3. The fourth-order valence-electron chi connectivity index (χ4n) is 2.59. The normalized spacial score (nSPS) is 26.6. The lowest BCUT2D eigenvalue weighted by Crippen LogP contribution is -2.51. The van der Waals surface area contributed by atoms with Gasteiger partial charge in [0.1, 0.15) is 0 Å². The number of rotatable bonds is 4. The first kappa shape index (κ1) is 15.8. The molecular weight excluding hydrogens is 248 g/mol. The van der Waals surface area contributed by atoms with Crippen molar-refractivity contribution in [2.75, 3.05) is 19.6 Å². The summed E-state index contributed by atoms with van der Waals surface area (Å²) in [4.78, 5) is 24.3. The van der Waals surface area contributed by atoms with E-state index in [1.807, 2.05) is 0 Å². The van der Waals surface area contributed by atoms with Crippen LogP contribution >= 0.6 is 0 Å². The second-order valence-electron chi connectivity index (χ2n) is 6.08. The van der Waals surface area contributed by atoms with Crippen molar-refractivity contribution >= 4 is 12.0 Å². The Morgan fingerprint density at radius 1 is 1.32 bits per heavy atom. The fourth-order valence-corrected chi connectivity index (χ4v) is 2.59. The smallest absolute Gasteiger partial charge is 0.317 e. The monoisotopic (exact) mass is 272 g/mol. The van der Waals surface area contributed by atoms with Gasteiger partial charge in [-0.25, -0.2) is 4.79 Å². The van der Waals surface area contributed by atoms with Gasteiger partial charge in [-0.15, -0.1) is 0 Å². The Bertz CT molecular complexity index is 334. The van der Waals surface area contributed by atoms with Gasteiger partial charge >= 0.3 is 12.0 Å². The number of aliphatic hydroxyl groups is 1. The molecule has 1 heterocycles. The minimum absolute atomic E-state index is 0.0581. The molecule has 0 bridgehead atoms. The van der Waals surface area contributed by atoms with E-state index in [1.54, 1.807) is 4.90 Å². The maximum absolute atomic E-state index is 12.0. The number of amides is 2. The number of carboxylic acids is 1. The molecule has 3 N–H and O–H groups in total. The van der Waals surface area contributed by atoms with Gasteiger partial charge in [-0.05, 0) is 25.2 Å². The third kappa shape index (κ3) is 5.46. The third-order valence-corrected chi connectivity index (χ3v) is 3.31. The highest BCUT2D eigenvalue weighted by Crippen LogP contribution is 2.20. The zero-order valence-electron chi connectivity index (χ0n) is 11.8. The molecule has 2 amide bonds. The van der Waals surface area contributed by atoms with E-state index in [9.17, 15) is 14.7 Å². The highest BCUT2D eigenvalue weighted by Gasteiger charge is 2.28. The minimum Gasteiger partial charge on any atom is -0.481 e. The third-order valence-electron chi connectivity index (χ3n) is 3.31. The van der Waals surface area contributed by atoms with E-state index in [2.05, 4.69) is 19.2 Å². The maximum atomic E-state index is 12.0. The largest absolute Gasteiger partial charge is 0.481 e. The van der Waals surface area contributed by atoms with Crippen LogP contribution in [0.3, 0.4) is 0 Å². The second-order valence-corrected chi connectivity index (χ2v) is 6.08. The van der Waals surface area contributed by atoms with Gasteiger partial charge in [-0.2, -0.15) is 0 Å². The average molecular weight is 272 g/mol. The number of aliphatic carboxylic acids is 1. The molecular formula is C13H24N2O4. The van der Waals surface area contributed by atoms with Crippen LogP contribution in [0.1, 0.15) is 33.6 Å². The Kier molecular flexibility index (Phi) is 5.17. The minimum atomic E-state index is -1.42. The van der Waals surface area contributed by atoms with Crippen molar-refractivity contribution in [3.8, 4) is 0 Å². The molecule has 1 fully saturated rings. The molecule has 6 nitrogen and oxygen atoms in total. The average Bonchev–Trinajstić information content (AvgIpc) is 2.22. The van der Waals surface area contributed by atoms with Crippen molar-refractivity contribution in [1.29, 1.82) is 0 Å². The van der Waals surface area contributed by atoms with Crippen LogP contribution in [0.5, 0.6) is 0 Å². The number of hydrogen-bond acceptors (Lipinski definition) is 3.